The molecular weight excluding hydrogens is 334 g/mol. The molecule has 2 aromatic rings. The van der Waals surface area contributed by atoms with E-state index in [9.17, 15) is 9.59 Å². The number of aryl methyl sites for hydroxylation is 1. The third-order valence-corrected chi connectivity index (χ3v) is 4.57. The molecule has 122 valence electrons. The first-order valence-electron chi connectivity index (χ1n) is 7.22. The molecule has 6 heteroatoms. The van der Waals surface area contributed by atoms with Crippen molar-refractivity contribution in [2.24, 2.45) is 0 Å². The van der Waals surface area contributed by atoms with Crippen LogP contribution in [0.5, 0.6) is 0 Å². The smallest absolute Gasteiger partial charge is 0.307 e. The Bertz CT molecular complexity index is 640. The van der Waals surface area contributed by atoms with Crippen LogP contribution in [0.25, 0.3) is 0 Å². The van der Waals surface area contributed by atoms with E-state index in [1.807, 2.05) is 17.5 Å². The number of amides is 1. The number of ether oxygens (including phenoxy) is 1. The number of carbonyl (C=O) groups is 2. The van der Waals surface area contributed by atoms with Crippen LogP contribution in [0.15, 0.2) is 41.8 Å². The van der Waals surface area contributed by atoms with Gasteiger partial charge in [-0.05, 0) is 35.6 Å². The Morgan fingerprint density at radius 3 is 2.61 bits per heavy atom. The second-order valence-electron chi connectivity index (χ2n) is 5.03. The Hall–Kier alpha value is -1.85. The Morgan fingerprint density at radius 1 is 1.26 bits per heavy atom. The second-order valence-corrected chi connectivity index (χ2v) is 6.50. The van der Waals surface area contributed by atoms with E-state index in [2.05, 4.69) is 5.32 Å². The number of thiophene rings is 1. The first kappa shape index (κ1) is 17.5. The lowest BCUT2D eigenvalue weighted by atomic mass is 10.0. The van der Waals surface area contributed by atoms with E-state index in [0.29, 0.717) is 17.9 Å². The number of methoxy groups -OCH3 is 1. The molecule has 0 fully saturated rings. The summed E-state index contributed by atoms with van der Waals surface area (Å²) >= 11 is 7.51. The summed E-state index contributed by atoms with van der Waals surface area (Å²) in [7, 11) is 1.33. The zero-order valence-corrected chi connectivity index (χ0v) is 14.3. The molecule has 2 rings (SSSR count). The minimum atomic E-state index is -0.421. The van der Waals surface area contributed by atoms with Gasteiger partial charge >= 0.3 is 5.97 Å². The van der Waals surface area contributed by atoms with Gasteiger partial charge in [0.25, 0.3) is 0 Å². The van der Waals surface area contributed by atoms with Gasteiger partial charge in [0, 0.05) is 16.3 Å². The minimum Gasteiger partial charge on any atom is -0.469 e. The van der Waals surface area contributed by atoms with Crippen LogP contribution in [0.2, 0.25) is 5.02 Å². The monoisotopic (exact) mass is 351 g/mol. The zero-order valence-electron chi connectivity index (χ0n) is 12.8. The van der Waals surface area contributed by atoms with Crippen LogP contribution in [-0.2, 0) is 20.7 Å². The maximum absolute atomic E-state index is 12.2. The van der Waals surface area contributed by atoms with Crippen LogP contribution in [0, 0.1) is 0 Å². The van der Waals surface area contributed by atoms with E-state index in [0.717, 1.165) is 10.4 Å². The Balaban J connectivity index is 1.99. The molecule has 1 heterocycles. The predicted octanol–water partition coefficient (Wildman–Crippen LogP) is 3.75. The maximum Gasteiger partial charge on any atom is 0.307 e. The van der Waals surface area contributed by atoms with Crippen LogP contribution in [0.1, 0.15) is 29.3 Å². The van der Waals surface area contributed by atoms with Crippen molar-refractivity contribution in [3.8, 4) is 0 Å². The van der Waals surface area contributed by atoms with Crippen LogP contribution < -0.4 is 5.32 Å². The third kappa shape index (κ3) is 5.69. The van der Waals surface area contributed by atoms with Crippen LogP contribution in [-0.4, -0.2) is 19.0 Å². The Kier molecular flexibility index (Phi) is 6.62. The summed E-state index contributed by atoms with van der Waals surface area (Å²) in [6.07, 6.45) is 1.16. The van der Waals surface area contributed by atoms with E-state index in [1.54, 1.807) is 35.6 Å². The van der Waals surface area contributed by atoms with E-state index in [-0.39, 0.29) is 18.3 Å². The molecule has 0 aliphatic rings. The maximum atomic E-state index is 12.2. The van der Waals surface area contributed by atoms with Crippen molar-refractivity contribution in [1.82, 2.24) is 5.32 Å². The number of carbonyl (C=O) groups excluding carboxylic acids is 2. The van der Waals surface area contributed by atoms with Crippen molar-refractivity contribution in [2.75, 3.05) is 7.11 Å². The lowest BCUT2D eigenvalue weighted by molar-refractivity contribution is -0.141. The minimum absolute atomic E-state index is 0.0862. The average Bonchev–Trinajstić information content (AvgIpc) is 3.06. The Morgan fingerprint density at radius 2 is 2.00 bits per heavy atom. The van der Waals surface area contributed by atoms with Gasteiger partial charge < -0.3 is 10.1 Å². The lowest BCUT2D eigenvalue weighted by Crippen LogP contribution is -2.30. The highest BCUT2D eigenvalue weighted by Gasteiger charge is 2.19. The van der Waals surface area contributed by atoms with Gasteiger partial charge in [-0.1, -0.05) is 29.8 Å². The molecule has 1 atom stereocenters. The molecule has 0 aliphatic heterocycles. The summed E-state index contributed by atoms with van der Waals surface area (Å²) in [6, 6.07) is 10.6. The van der Waals surface area contributed by atoms with Crippen LogP contribution in [0.4, 0.5) is 0 Å². The number of nitrogens with one attached hydrogen (secondary N) is 1. The normalized spacial score (nSPS) is 11.7. The lowest BCUT2D eigenvalue weighted by Gasteiger charge is -2.18. The van der Waals surface area contributed by atoms with Crippen LogP contribution >= 0.6 is 22.9 Å². The van der Waals surface area contributed by atoms with E-state index in [1.165, 1.54) is 7.11 Å². The molecule has 0 aliphatic carbocycles. The van der Waals surface area contributed by atoms with Crippen molar-refractivity contribution < 1.29 is 14.3 Å². The third-order valence-electron chi connectivity index (χ3n) is 3.38. The number of hydrogen-bond acceptors (Lipinski definition) is 4. The summed E-state index contributed by atoms with van der Waals surface area (Å²) < 4.78 is 4.71. The number of benzene rings is 1. The van der Waals surface area contributed by atoms with Gasteiger partial charge in [-0.3, -0.25) is 9.59 Å². The quantitative estimate of drug-likeness (QED) is 0.773. The number of halogens is 1. The van der Waals surface area contributed by atoms with Crippen molar-refractivity contribution in [3.63, 3.8) is 0 Å². The first-order valence-corrected chi connectivity index (χ1v) is 8.48. The molecular formula is C17H18ClNO3S. The molecule has 1 N–H and O–H groups in total. The molecule has 23 heavy (non-hydrogen) atoms. The Labute approximate surface area is 144 Å². The van der Waals surface area contributed by atoms with E-state index in [4.69, 9.17) is 16.3 Å². The fourth-order valence-corrected chi connectivity index (χ4v) is 2.99. The summed E-state index contributed by atoms with van der Waals surface area (Å²) in [6.45, 7) is 0. The molecule has 0 bridgehead atoms. The van der Waals surface area contributed by atoms with Gasteiger partial charge in [0.15, 0.2) is 0 Å². The summed E-state index contributed by atoms with van der Waals surface area (Å²) in [5.74, 6) is -0.467. The molecule has 0 saturated carbocycles. The fraction of sp³-hybridized carbons (Fsp3) is 0.294. The largest absolute Gasteiger partial charge is 0.469 e. The van der Waals surface area contributed by atoms with Crippen molar-refractivity contribution in [3.05, 3.63) is 57.2 Å². The standard InChI is InChI=1S/C17H18ClNO3S/c1-22-17(21)11-15(12-4-6-13(18)7-5-12)19-16(20)9-8-14-3-2-10-23-14/h2-7,10,15H,8-9,11H2,1H3,(H,19,20). The molecule has 0 radical (unpaired) electrons. The first-order chi connectivity index (χ1) is 11.1. The van der Waals surface area contributed by atoms with Gasteiger partial charge in [0.1, 0.15) is 0 Å². The van der Waals surface area contributed by atoms with Crippen molar-refractivity contribution >= 4 is 34.8 Å². The second kappa shape index (κ2) is 8.70. The van der Waals surface area contributed by atoms with Crippen molar-refractivity contribution in [2.45, 2.75) is 25.3 Å². The average molecular weight is 352 g/mol. The van der Waals surface area contributed by atoms with Gasteiger partial charge in [-0.2, -0.15) is 0 Å². The molecule has 1 aromatic heterocycles. The fourth-order valence-electron chi connectivity index (χ4n) is 2.16. The highest BCUT2D eigenvalue weighted by molar-refractivity contribution is 7.09. The molecule has 1 unspecified atom stereocenters. The van der Waals surface area contributed by atoms with E-state index < -0.39 is 6.04 Å². The molecule has 1 amide bonds. The predicted molar refractivity (Wildman–Crippen MR) is 91.6 cm³/mol. The molecule has 0 saturated heterocycles. The topological polar surface area (TPSA) is 55.4 Å². The molecule has 0 spiro atoms. The summed E-state index contributed by atoms with van der Waals surface area (Å²) in [5, 5.41) is 5.50. The van der Waals surface area contributed by atoms with Gasteiger partial charge in [0.05, 0.1) is 19.6 Å². The van der Waals surface area contributed by atoms with Gasteiger partial charge in [-0.25, -0.2) is 0 Å². The SMILES string of the molecule is COC(=O)CC(NC(=O)CCc1cccs1)c1ccc(Cl)cc1. The van der Waals surface area contributed by atoms with Gasteiger partial charge in [0.2, 0.25) is 5.91 Å². The highest BCUT2D eigenvalue weighted by atomic mass is 35.5. The highest BCUT2D eigenvalue weighted by Crippen LogP contribution is 2.20. The summed E-state index contributed by atoms with van der Waals surface area (Å²) in [5.41, 5.74) is 0.823. The zero-order chi connectivity index (χ0) is 16.7. The number of hydrogen-bond donors (Lipinski definition) is 1. The van der Waals surface area contributed by atoms with E-state index >= 15 is 0 Å². The molecule has 1 aromatic carbocycles. The molecule has 4 nitrogen and oxygen atoms in total. The summed E-state index contributed by atoms with van der Waals surface area (Å²) in [4.78, 5) is 24.9. The number of rotatable bonds is 7. The van der Waals surface area contributed by atoms with Crippen molar-refractivity contribution in [1.29, 1.82) is 0 Å². The number of esters is 1. The van der Waals surface area contributed by atoms with Gasteiger partial charge in [-0.15, -0.1) is 11.3 Å². The van der Waals surface area contributed by atoms with Crippen LogP contribution in [0.3, 0.4) is 0 Å².